The Labute approximate surface area is 222 Å². The lowest BCUT2D eigenvalue weighted by Crippen LogP contribution is -2.69. The molecular formula is C27H49NO5SSi2. The van der Waals surface area contributed by atoms with Crippen LogP contribution in [-0.2, 0) is 23.7 Å². The van der Waals surface area contributed by atoms with Crippen LogP contribution in [0.15, 0.2) is 29.2 Å². The van der Waals surface area contributed by atoms with E-state index >= 15 is 0 Å². The third kappa shape index (κ3) is 6.17. The first kappa shape index (κ1) is 31.2. The molecular weight excluding hydrogens is 507 g/mol. The lowest BCUT2D eigenvalue weighted by Gasteiger charge is -2.52. The predicted octanol–water partition coefficient (Wildman–Crippen LogP) is 6.58. The summed E-state index contributed by atoms with van der Waals surface area (Å²) in [6, 6.07) is 6.16. The average Bonchev–Trinajstić information content (AvgIpc) is 2.68. The maximum absolute atomic E-state index is 13.7. The molecule has 1 fully saturated rings. The lowest BCUT2D eigenvalue weighted by atomic mass is 9.79. The van der Waals surface area contributed by atoms with Crippen LogP contribution in [0.4, 0.5) is 0 Å². The number of carbonyl (C=O) groups is 1. The molecule has 1 amide bonds. The first-order chi connectivity index (χ1) is 16.0. The molecule has 9 heteroatoms. The zero-order valence-electron chi connectivity index (χ0n) is 24.7. The van der Waals surface area contributed by atoms with Crippen LogP contribution in [0.5, 0.6) is 0 Å². The molecule has 1 aliphatic heterocycles. The smallest absolute Gasteiger partial charge is 0.266 e. The molecule has 0 radical (unpaired) electrons. The third-order valence-electron chi connectivity index (χ3n) is 8.61. The van der Waals surface area contributed by atoms with E-state index in [1.807, 2.05) is 20.8 Å². The second-order valence-corrected chi connectivity index (χ2v) is 25.0. The Kier molecular flexibility index (Phi) is 8.91. The van der Waals surface area contributed by atoms with E-state index in [0.29, 0.717) is 6.61 Å². The minimum absolute atomic E-state index is 0.0196. The number of nitrogens with zero attached hydrogens (tertiary/aromatic N) is 1. The molecule has 2 rings (SSSR count). The normalized spacial score (nSPS) is 21.8. The van der Waals surface area contributed by atoms with E-state index in [0.717, 1.165) is 9.87 Å². The minimum atomic E-state index is -3.99. The molecule has 0 N–H and O–H groups in total. The first-order valence-corrected chi connectivity index (χ1v) is 20.3. The minimum Gasteiger partial charge on any atom is -0.416 e. The molecule has 0 unspecified atom stereocenters. The van der Waals surface area contributed by atoms with Crippen LogP contribution in [-0.4, -0.2) is 54.0 Å². The van der Waals surface area contributed by atoms with Gasteiger partial charge >= 0.3 is 0 Å². The number of hydrogen-bond donors (Lipinski definition) is 0. The van der Waals surface area contributed by atoms with Gasteiger partial charge in [0.15, 0.2) is 16.6 Å². The zero-order chi connectivity index (χ0) is 28.1. The summed E-state index contributed by atoms with van der Waals surface area (Å²) in [6.07, 6.45) is -0.386. The van der Waals surface area contributed by atoms with E-state index in [9.17, 15) is 13.2 Å². The number of benzene rings is 1. The molecule has 6 nitrogen and oxygen atoms in total. The largest absolute Gasteiger partial charge is 0.416 e. The van der Waals surface area contributed by atoms with Gasteiger partial charge in [-0.25, -0.2) is 12.7 Å². The summed E-state index contributed by atoms with van der Waals surface area (Å²) in [5.41, 5.74) is 0.964. The molecule has 0 aliphatic carbocycles. The number of amides is 1. The summed E-state index contributed by atoms with van der Waals surface area (Å²) < 4.78 is 41.5. The van der Waals surface area contributed by atoms with Crippen molar-refractivity contribution in [2.75, 3.05) is 6.61 Å². The van der Waals surface area contributed by atoms with Crippen molar-refractivity contribution in [1.82, 2.24) is 4.31 Å². The van der Waals surface area contributed by atoms with Crippen LogP contribution in [0.3, 0.4) is 0 Å². The Morgan fingerprint density at radius 3 is 1.83 bits per heavy atom. The molecule has 206 valence electrons. The van der Waals surface area contributed by atoms with Crippen molar-refractivity contribution >= 4 is 32.6 Å². The van der Waals surface area contributed by atoms with Gasteiger partial charge in [-0.3, -0.25) is 4.79 Å². The summed E-state index contributed by atoms with van der Waals surface area (Å²) in [5, 5.41) is 0.0161. The highest BCUT2D eigenvalue weighted by Crippen LogP contribution is 2.44. The monoisotopic (exact) mass is 555 g/mol. The van der Waals surface area contributed by atoms with E-state index in [4.69, 9.17) is 8.85 Å². The van der Waals surface area contributed by atoms with Gasteiger partial charge in [-0.05, 0) is 62.2 Å². The lowest BCUT2D eigenvalue weighted by molar-refractivity contribution is -0.156. The number of β-lactam (4-membered cyclic amide) rings is 1. The highest BCUT2D eigenvalue weighted by molar-refractivity contribution is 7.89. The van der Waals surface area contributed by atoms with Gasteiger partial charge in [0.2, 0.25) is 5.91 Å². The van der Waals surface area contributed by atoms with Crippen molar-refractivity contribution < 1.29 is 22.1 Å². The van der Waals surface area contributed by atoms with Crippen molar-refractivity contribution in [1.29, 1.82) is 0 Å². The maximum atomic E-state index is 13.7. The standard InChI is InChI=1S/C27H49NO5SSi2/c1-19-14-16-22(17-15-19)34(30,31)28-24(20(2)18-32-35(10,11)26(4,5)6)23(25(28)29)21(3)33-36(12,13)27(7,8)9/h14-17,20-21,23-24H,18H2,1-13H3/t20-,21+,23+,24+/m0/s1. The van der Waals surface area contributed by atoms with Crippen molar-refractivity contribution in [3.05, 3.63) is 29.8 Å². The first-order valence-electron chi connectivity index (χ1n) is 13.0. The Morgan fingerprint density at radius 1 is 0.917 bits per heavy atom. The summed E-state index contributed by atoms with van der Waals surface area (Å²) in [7, 11) is -8.20. The molecule has 1 aromatic carbocycles. The van der Waals surface area contributed by atoms with Crippen molar-refractivity contribution in [3.8, 4) is 0 Å². The van der Waals surface area contributed by atoms with E-state index < -0.39 is 38.6 Å². The Hall–Kier alpha value is -1.01. The van der Waals surface area contributed by atoms with Crippen molar-refractivity contribution in [2.45, 2.75) is 116 Å². The highest BCUT2D eigenvalue weighted by Gasteiger charge is 2.59. The molecule has 1 saturated heterocycles. The van der Waals surface area contributed by atoms with Gasteiger partial charge in [0.1, 0.15) is 0 Å². The van der Waals surface area contributed by atoms with Gasteiger partial charge in [0, 0.05) is 12.5 Å². The summed E-state index contributed by atoms with van der Waals surface area (Å²) in [5.74, 6) is -1.09. The van der Waals surface area contributed by atoms with Gasteiger partial charge < -0.3 is 8.85 Å². The molecule has 1 heterocycles. The second-order valence-electron chi connectivity index (χ2n) is 13.6. The van der Waals surface area contributed by atoms with Gasteiger partial charge in [0.25, 0.3) is 10.0 Å². The summed E-state index contributed by atoms with van der Waals surface area (Å²) in [4.78, 5) is 13.7. The van der Waals surface area contributed by atoms with E-state index in [1.165, 1.54) is 0 Å². The fourth-order valence-electron chi connectivity index (χ4n) is 4.04. The fraction of sp³-hybridized carbons (Fsp3) is 0.741. The van der Waals surface area contributed by atoms with Crippen LogP contribution in [0.1, 0.15) is 61.0 Å². The molecule has 36 heavy (non-hydrogen) atoms. The number of sulfonamides is 1. The third-order valence-corrected chi connectivity index (χ3v) is 19.5. The van der Waals surface area contributed by atoms with Gasteiger partial charge in [-0.15, -0.1) is 0 Å². The molecule has 0 bridgehead atoms. The van der Waals surface area contributed by atoms with Crippen molar-refractivity contribution in [3.63, 3.8) is 0 Å². The number of carbonyl (C=O) groups excluding carboxylic acids is 1. The Bertz CT molecular complexity index is 1040. The average molecular weight is 556 g/mol. The molecule has 0 spiro atoms. The Morgan fingerprint density at radius 2 is 1.39 bits per heavy atom. The van der Waals surface area contributed by atoms with Gasteiger partial charge in [-0.2, -0.15) is 0 Å². The topological polar surface area (TPSA) is 72.9 Å². The van der Waals surface area contributed by atoms with Crippen molar-refractivity contribution in [2.24, 2.45) is 11.8 Å². The second kappa shape index (κ2) is 10.3. The molecule has 4 atom stereocenters. The van der Waals surface area contributed by atoms with E-state index in [1.54, 1.807) is 24.3 Å². The van der Waals surface area contributed by atoms with Crippen LogP contribution >= 0.6 is 0 Å². The Balaban J connectivity index is 2.42. The van der Waals surface area contributed by atoms with Gasteiger partial charge in [0.05, 0.1) is 23.0 Å². The molecule has 0 aromatic heterocycles. The fourth-order valence-corrected chi connectivity index (χ4v) is 8.31. The molecule has 0 saturated carbocycles. The van der Waals surface area contributed by atoms with E-state index in [2.05, 4.69) is 67.7 Å². The van der Waals surface area contributed by atoms with Crippen LogP contribution < -0.4 is 0 Å². The summed E-state index contributed by atoms with van der Waals surface area (Å²) >= 11 is 0. The van der Waals surface area contributed by atoms with Crippen LogP contribution in [0, 0.1) is 18.8 Å². The molecule has 1 aliphatic rings. The molecule has 1 aromatic rings. The van der Waals surface area contributed by atoms with Crippen LogP contribution in [0.2, 0.25) is 36.3 Å². The number of hydrogen-bond acceptors (Lipinski definition) is 5. The van der Waals surface area contributed by atoms with E-state index in [-0.39, 0.29) is 32.9 Å². The quantitative estimate of drug-likeness (QED) is 0.254. The summed E-state index contributed by atoms with van der Waals surface area (Å²) in [6.45, 7) is 28.0. The SMILES string of the molecule is Cc1ccc(S(=O)(=O)N2C(=O)[C@H]([C@@H](C)O[Si](C)(C)C(C)(C)C)[C@H]2[C@@H](C)CO[Si](C)(C)C(C)(C)C)cc1. The maximum Gasteiger partial charge on any atom is 0.266 e. The van der Waals surface area contributed by atoms with Crippen LogP contribution in [0.25, 0.3) is 0 Å². The number of aryl methyl sites for hydroxylation is 1. The van der Waals surface area contributed by atoms with Gasteiger partial charge in [-0.1, -0.05) is 66.2 Å². The highest BCUT2D eigenvalue weighted by atomic mass is 32.2. The predicted molar refractivity (Wildman–Crippen MR) is 153 cm³/mol. The number of rotatable bonds is 9. The zero-order valence-corrected chi connectivity index (χ0v) is 27.5.